The van der Waals surface area contributed by atoms with Crippen molar-refractivity contribution >= 4 is 0 Å². The van der Waals surface area contributed by atoms with E-state index in [1.54, 1.807) is 0 Å². The minimum absolute atomic E-state index is 0.483. The Morgan fingerprint density at radius 2 is 2.17 bits per heavy atom. The summed E-state index contributed by atoms with van der Waals surface area (Å²) in [7, 11) is 0. The van der Waals surface area contributed by atoms with Crippen molar-refractivity contribution in [2.24, 2.45) is 0 Å². The van der Waals surface area contributed by atoms with E-state index in [9.17, 15) is 0 Å². The van der Waals surface area contributed by atoms with Crippen LogP contribution in [0.1, 0.15) is 56.2 Å². The minimum Gasteiger partial charge on any atom is -0.494 e. The maximum atomic E-state index is 5.86. The normalized spacial score (nSPS) is 18.5. The second-order valence-electron chi connectivity index (χ2n) is 6.62. The Morgan fingerprint density at radius 1 is 1.21 bits per heavy atom. The lowest BCUT2D eigenvalue weighted by atomic mass is 9.96. The third-order valence-electron chi connectivity index (χ3n) is 4.73. The molecule has 24 heavy (non-hydrogen) atoms. The number of pyridine rings is 1. The lowest BCUT2D eigenvalue weighted by Gasteiger charge is -2.36. The van der Waals surface area contributed by atoms with E-state index in [2.05, 4.69) is 47.1 Å². The average Bonchev–Trinajstić information content (AvgIpc) is 2.64. The lowest BCUT2D eigenvalue weighted by Crippen LogP contribution is -2.32. The number of ether oxygens (including phenoxy) is 1. The Balaban J connectivity index is 1.68. The number of hydrogen-bond acceptors (Lipinski definition) is 3. The summed E-state index contributed by atoms with van der Waals surface area (Å²) in [6, 6.07) is 13.3. The van der Waals surface area contributed by atoms with Gasteiger partial charge in [0.05, 0.1) is 6.61 Å². The van der Waals surface area contributed by atoms with Crippen molar-refractivity contribution in [1.82, 2.24) is 9.88 Å². The number of nitrogens with zero attached hydrogens (tertiary/aromatic N) is 2. The predicted molar refractivity (Wildman–Crippen MR) is 98.1 cm³/mol. The van der Waals surface area contributed by atoms with E-state index in [-0.39, 0.29) is 0 Å². The van der Waals surface area contributed by atoms with Crippen molar-refractivity contribution in [3.05, 3.63) is 59.9 Å². The summed E-state index contributed by atoms with van der Waals surface area (Å²) in [6.07, 6.45) is 9.96. The Kier molecular flexibility index (Phi) is 6.25. The molecule has 2 aromatic rings. The summed E-state index contributed by atoms with van der Waals surface area (Å²) in [5.74, 6) is 0.996. The first kappa shape index (κ1) is 17.0. The van der Waals surface area contributed by atoms with Crippen molar-refractivity contribution in [1.29, 1.82) is 0 Å². The van der Waals surface area contributed by atoms with Gasteiger partial charge in [0.2, 0.25) is 0 Å². The van der Waals surface area contributed by atoms with Gasteiger partial charge >= 0.3 is 0 Å². The van der Waals surface area contributed by atoms with E-state index in [4.69, 9.17) is 4.74 Å². The number of likely N-dealkylation sites (tertiary alicyclic amines) is 1. The Labute approximate surface area is 145 Å². The van der Waals surface area contributed by atoms with Gasteiger partial charge in [-0.1, -0.05) is 38.0 Å². The molecule has 0 amide bonds. The van der Waals surface area contributed by atoms with E-state index in [1.807, 2.05) is 18.5 Å². The highest BCUT2D eigenvalue weighted by molar-refractivity contribution is 5.29. The van der Waals surface area contributed by atoms with E-state index in [0.717, 1.165) is 31.9 Å². The van der Waals surface area contributed by atoms with Crippen molar-refractivity contribution in [3.63, 3.8) is 0 Å². The van der Waals surface area contributed by atoms with Gasteiger partial charge in [-0.15, -0.1) is 0 Å². The number of rotatable bonds is 7. The molecule has 0 N–H and O–H groups in total. The molecule has 1 saturated heterocycles. The number of unbranched alkanes of at least 4 members (excludes halogenated alkanes) is 1. The molecule has 1 aliphatic rings. The fraction of sp³-hybridized carbons (Fsp3) is 0.476. The second-order valence-corrected chi connectivity index (χ2v) is 6.62. The summed E-state index contributed by atoms with van der Waals surface area (Å²) < 4.78 is 5.86. The topological polar surface area (TPSA) is 25.4 Å². The van der Waals surface area contributed by atoms with E-state index in [1.165, 1.54) is 36.8 Å². The van der Waals surface area contributed by atoms with Crippen LogP contribution in [0.3, 0.4) is 0 Å². The molecule has 0 bridgehead atoms. The number of hydrogen-bond donors (Lipinski definition) is 0. The van der Waals surface area contributed by atoms with E-state index < -0.39 is 0 Å². The Bertz CT molecular complexity index is 614. The molecule has 128 valence electrons. The fourth-order valence-electron chi connectivity index (χ4n) is 3.43. The average molecular weight is 324 g/mol. The van der Waals surface area contributed by atoms with Crippen LogP contribution in [0.4, 0.5) is 0 Å². The van der Waals surface area contributed by atoms with Crippen LogP contribution in [-0.4, -0.2) is 23.0 Å². The van der Waals surface area contributed by atoms with Crippen molar-refractivity contribution in [3.8, 4) is 5.75 Å². The summed E-state index contributed by atoms with van der Waals surface area (Å²) in [4.78, 5) is 6.90. The maximum Gasteiger partial charge on any atom is 0.119 e. The fourth-order valence-corrected chi connectivity index (χ4v) is 3.43. The highest BCUT2D eigenvalue weighted by atomic mass is 16.5. The molecule has 3 rings (SSSR count). The van der Waals surface area contributed by atoms with Gasteiger partial charge in [0.15, 0.2) is 0 Å². The molecule has 1 aromatic heterocycles. The van der Waals surface area contributed by atoms with Crippen LogP contribution in [0.25, 0.3) is 0 Å². The van der Waals surface area contributed by atoms with Gasteiger partial charge in [0.25, 0.3) is 0 Å². The standard InChI is InChI=1S/C21H28N2O/c1-2-3-14-24-20-10-6-8-18(15-20)17-23-13-5-4-11-21(23)19-9-7-12-22-16-19/h6-10,12,15-16,21H,2-5,11,13-14,17H2,1H3/t21-/m0/s1. The molecule has 0 aliphatic carbocycles. The lowest BCUT2D eigenvalue weighted by molar-refractivity contribution is 0.140. The molecule has 0 radical (unpaired) electrons. The van der Waals surface area contributed by atoms with Crippen LogP contribution in [0.15, 0.2) is 48.8 Å². The number of aromatic nitrogens is 1. The molecule has 0 saturated carbocycles. The summed E-state index contributed by atoms with van der Waals surface area (Å²) in [5.41, 5.74) is 2.67. The summed E-state index contributed by atoms with van der Waals surface area (Å²) in [5, 5.41) is 0. The minimum atomic E-state index is 0.483. The zero-order valence-corrected chi connectivity index (χ0v) is 14.7. The first-order chi connectivity index (χ1) is 11.9. The monoisotopic (exact) mass is 324 g/mol. The largest absolute Gasteiger partial charge is 0.494 e. The van der Waals surface area contributed by atoms with Crippen molar-refractivity contribution < 1.29 is 4.74 Å². The van der Waals surface area contributed by atoms with E-state index in [0.29, 0.717) is 6.04 Å². The van der Waals surface area contributed by atoms with Crippen LogP contribution >= 0.6 is 0 Å². The summed E-state index contributed by atoms with van der Waals surface area (Å²) in [6.45, 7) is 5.13. The molecular weight excluding hydrogens is 296 g/mol. The molecule has 3 heteroatoms. The zero-order valence-electron chi connectivity index (χ0n) is 14.7. The quantitative estimate of drug-likeness (QED) is 0.671. The molecule has 2 heterocycles. The van der Waals surface area contributed by atoms with Crippen LogP contribution in [0, 0.1) is 0 Å². The molecule has 0 spiro atoms. The summed E-state index contributed by atoms with van der Waals surface area (Å²) >= 11 is 0. The molecule has 1 aliphatic heterocycles. The first-order valence-electron chi connectivity index (χ1n) is 9.22. The van der Waals surface area contributed by atoms with Crippen molar-refractivity contribution in [2.75, 3.05) is 13.2 Å². The molecule has 1 atom stereocenters. The van der Waals surface area contributed by atoms with Gasteiger partial charge in [-0.3, -0.25) is 9.88 Å². The number of piperidine rings is 1. The molecular formula is C21H28N2O. The van der Waals surface area contributed by atoms with Gasteiger partial charge in [-0.25, -0.2) is 0 Å². The molecule has 0 unspecified atom stereocenters. The SMILES string of the molecule is CCCCOc1cccc(CN2CCCC[C@H]2c2cccnc2)c1. The van der Waals surface area contributed by atoms with Gasteiger partial charge < -0.3 is 4.74 Å². The number of benzene rings is 1. The maximum absolute atomic E-state index is 5.86. The highest BCUT2D eigenvalue weighted by Gasteiger charge is 2.24. The molecule has 3 nitrogen and oxygen atoms in total. The first-order valence-corrected chi connectivity index (χ1v) is 9.22. The van der Waals surface area contributed by atoms with Crippen LogP contribution < -0.4 is 4.74 Å². The second kappa shape index (κ2) is 8.84. The highest BCUT2D eigenvalue weighted by Crippen LogP contribution is 2.32. The van der Waals surface area contributed by atoms with Crippen LogP contribution in [0.2, 0.25) is 0 Å². The van der Waals surface area contributed by atoms with Gasteiger partial charge in [-0.05, 0) is 55.1 Å². The Hall–Kier alpha value is -1.87. The Morgan fingerprint density at radius 3 is 3.00 bits per heavy atom. The third kappa shape index (κ3) is 4.57. The molecule has 1 fully saturated rings. The van der Waals surface area contributed by atoms with Crippen molar-refractivity contribution in [2.45, 2.75) is 51.6 Å². The third-order valence-corrected chi connectivity index (χ3v) is 4.73. The van der Waals surface area contributed by atoms with Crippen LogP contribution in [0.5, 0.6) is 5.75 Å². The predicted octanol–water partition coefficient (Wildman–Crippen LogP) is 4.99. The van der Waals surface area contributed by atoms with Crippen LogP contribution in [-0.2, 0) is 6.54 Å². The van der Waals surface area contributed by atoms with Gasteiger partial charge in [-0.2, -0.15) is 0 Å². The van der Waals surface area contributed by atoms with E-state index >= 15 is 0 Å². The zero-order chi connectivity index (χ0) is 16.6. The smallest absolute Gasteiger partial charge is 0.119 e. The van der Waals surface area contributed by atoms with Gasteiger partial charge in [0.1, 0.15) is 5.75 Å². The van der Waals surface area contributed by atoms with Gasteiger partial charge in [0, 0.05) is 25.0 Å². The molecule has 1 aromatic carbocycles.